The quantitative estimate of drug-likeness (QED) is 0.600. The van der Waals surface area contributed by atoms with Gasteiger partial charge in [0.25, 0.3) is 5.91 Å². The minimum absolute atomic E-state index is 0.248. The molecular weight excluding hydrogens is 272 g/mol. The lowest BCUT2D eigenvalue weighted by molar-refractivity contribution is 0.0973. The van der Waals surface area contributed by atoms with Gasteiger partial charge < -0.3 is 10.1 Å². The summed E-state index contributed by atoms with van der Waals surface area (Å²) in [6.45, 7) is 5.32. The number of amides is 1. The molecule has 110 valence electrons. The number of benzene rings is 1. The molecular formula is C15H22N2O2S. The molecule has 4 nitrogen and oxygen atoms in total. The monoisotopic (exact) mass is 294 g/mol. The Kier molecular flexibility index (Phi) is 7.65. The van der Waals surface area contributed by atoms with E-state index >= 15 is 0 Å². The first-order chi connectivity index (χ1) is 9.69. The van der Waals surface area contributed by atoms with E-state index in [-0.39, 0.29) is 5.91 Å². The Morgan fingerprint density at radius 1 is 1.25 bits per heavy atom. The fourth-order valence-corrected chi connectivity index (χ4v) is 1.92. The Morgan fingerprint density at radius 3 is 2.70 bits per heavy atom. The van der Waals surface area contributed by atoms with Gasteiger partial charge in [-0.3, -0.25) is 10.1 Å². The third-order valence-electron chi connectivity index (χ3n) is 2.72. The van der Waals surface area contributed by atoms with E-state index < -0.39 is 0 Å². The number of unbranched alkanes of at least 4 members (excludes halogenated alkanes) is 2. The van der Waals surface area contributed by atoms with Gasteiger partial charge in [0.05, 0.1) is 12.2 Å². The highest BCUT2D eigenvalue weighted by molar-refractivity contribution is 7.80. The predicted octanol–water partition coefficient (Wildman–Crippen LogP) is 2.88. The van der Waals surface area contributed by atoms with Crippen molar-refractivity contribution < 1.29 is 9.53 Å². The molecule has 0 atom stereocenters. The summed E-state index contributed by atoms with van der Waals surface area (Å²) in [5, 5.41) is 6.06. The molecule has 2 N–H and O–H groups in total. The molecule has 0 radical (unpaired) electrons. The van der Waals surface area contributed by atoms with Gasteiger partial charge >= 0.3 is 0 Å². The number of hydrogen-bond donors (Lipinski definition) is 2. The van der Waals surface area contributed by atoms with Crippen LogP contribution < -0.4 is 15.4 Å². The molecule has 0 unspecified atom stereocenters. The number of hydrogen-bond acceptors (Lipinski definition) is 3. The fourth-order valence-electron chi connectivity index (χ4n) is 1.73. The summed E-state index contributed by atoms with van der Waals surface area (Å²) in [5.41, 5.74) is 0.493. The van der Waals surface area contributed by atoms with Gasteiger partial charge in [-0.1, -0.05) is 31.9 Å². The molecule has 1 aromatic rings. The summed E-state index contributed by atoms with van der Waals surface area (Å²) in [6, 6.07) is 7.13. The van der Waals surface area contributed by atoms with Crippen molar-refractivity contribution >= 4 is 23.2 Å². The molecule has 5 heteroatoms. The minimum atomic E-state index is -0.248. The van der Waals surface area contributed by atoms with Crippen LogP contribution in [0.1, 0.15) is 43.5 Å². The highest BCUT2D eigenvalue weighted by Gasteiger charge is 2.12. The average molecular weight is 294 g/mol. The summed E-state index contributed by atoms with van der Waals surface area (Å²) in [6.07, 6.45) is 3.35. The normalized spacial score (nSPS) is 9.90. The Hall–Kier alpha value is -1.62. The molecule has 0 spiro atoms. The van der Waals surface area contributed by atoms with Crippen LogP contribution in [-0.4, -0.2) is 24.2 Å². The van der Waals surface area contributed by atoms with Crippen LogP contribution >= 0.6 is 12.2 Å². The van der Waals surface area contributed by atoms with Gasteiger partial charge in [0, 0.05) is 6.54 Å². The number of rotatable bonds is 7. The number of para-hydroxylation sites is 1. The van der Waals surface area contributed by atoms with Crippen molar-refractivity contribution in [2.45, 2.75) is 33.1 Å². The molecule has 0 aliphatic carbocycles. The van der Waals surface area contributed by atoms with Crippen LogP contribution in [0, 0.1) is 0 Å². The number of carbonyl (C=O) groups excluding carboxylic acids is 1. The highest BCUT2D eigenvalue weighted by Crippen LogP contribution is 2.17. The second-order valence-corrected chi connectivity index (χ2v) is 4.75. The fraction of sp³-hybridized carbons (Fsp3) is 0.467. The molecule has 0 fully saturated rings. The van der Waals surface area contributed by atoms with Crippen molar-refractivity contribution in [1.29, 1.82) is 0 Å². The summed E-state index contributed by atoms with van der Waals surface area (Å²) in [7, 11) is 0. The molecule has 0 saturated carbocycles. The smallest absolute Gasteiger partial charge is 0.261 e. The van der Waals surface area contributed by atoms with E-state index in [1.54, 1.807) is 18.2 Å². The van der Waals surface area contributed by atoms with Gasteiger partial charge in [0.1, 0.15) is 5.75 Å². The van der Waals surface area contributed by atoms with E-state index in [2.05, 4.69) is 17.6 Å². The van der Waals surface area contributed by atoms with E-state index in [9.17, 15) is 4.79 Å². The van der Waals surface area contributed by atoms with Crippen LogP contribution in [0.15, 0.2) is 24.3 Å². The SMILES string of the molecule is CCCCCNC(=S)NC(=O)c1ccccc1OCC. The number of ether oxygens (including phenoxy) is 1. The summed E-state index contributed by atoms with van der Waals surface area (Å²) < 4.78 is 5.43. The third kappa shape index (κ3) is 5.57. The maximum atomic E-state index is 12.1. The highest BCUT2D eigenvalue weighted by atomic mass is 32.1. The molecule has 1 rings (SSSR count). The molecule has 0 aromatic heterocycles. The summed E-state index contributed by atoms with van der Waals surface area (Å²) >= 11 is 5.10. The van der Waals surface area contributed by atoms with Crippen molar-refractivity contribution in [2.75, 3.05) is 13.2 Å². The van der Waals surface area contributed by atoms with Crippen LogP contribution in [0.3, 0.4) is 0 Å². The number of nitrogens with one attached hydrogen (secondary N) is 2. The molecule has 1 amide bonds. The first-order valence-electron chi connectivity index (χ1n) is 7.00. The van der Waals surface area contributed by atoms with Crippen molar-refractivity contribution in [3.63, 3.8) is 0 Å². The molecule has 0 saturated heterocycles. The summed E-state index contributed by atoms with van der Waals surface area (Å²) in [5.74, 6) is 0.323. The van der Waals surface area contributed by atoms with E-state index in [0.29, 0.717) is 23.0 Å². The van der Waals surface area contributed by atoms with Crippen molar-refractivity contribution in [2.24, 2.45) is 0 Å². The Morgan fingerprint density at radius 2 is 2.00 bits per heavy atom. The molecule has 20 heavy (non-hydrogen) atoms. The first kappa shape index (κ1) is 16.4. The Bertz CT molecular complexity index is 449. The van der Waals surface area contributed by atoms with E-state index in [4.69, 9.17) is 17.0 Å². The van der Waals surface area contributed by atoms with Gasteiger partial charge in [-0.05, 0) is 37.7 Å². The van der Waals surface area contributed by atoms with Crippen molar-refractivity contribution in [3.05, 3.63) is 29.8 Å². The van der Waals surface area contributed by atoms with Crippen LogP contribution in [0.2, 0.25) is 0 Å². The van der Waals surface area contributed by atoms with Crippen LogP contribution in [0.4, 0.5) is 0 Å². The summed E-state index contributed by atoms with van der Waals surface area (Å²) in [4.78, 5) is 12.1. The first-order valence-corrected chi connectivity index (χ1v) is 7.40. The largest absolute Gasteiger partial charge is 0.493 e. The van der Waals surface area contributed by atoms with Gasteiger partial charge in [-0.2, -0.15) is 0 Å². The number of thiocarbonyl (C=S) groups is 1. The van der Waals surface area contributed by atoms with Gasteiger partial charge in [-0.15, -0.1) is 0 Å². The lowest BCUT2D eigenvalue weighted by Gasteiger charge is -2.12. The molecule has 1 aromatic carbocycles. The van der Waals surface area contributed by atoms with Gasteiger partial charge in [0.2, 0.25) is 0 Å². The zero-order chi connectivity index (χ0) is 14.8. The average Bonchev–Trinajstić information content (AvgIpc) is 2.44. The molecule has 0 aliphatic rings. The second kappa shape index (κ2) is 9.31. The van der Waals surface area contributed by atoms with Gasteiger partial charge in [-0.25, -0.2) is 0 Å². The van der Waals surface area contributed by atoms with Crippen LogP contribution in [0.5, 0.6) is 5.75 Å². The van der Waals surface area contributed by atoms with E-state index in [1.165, 1.54) is 0 Å². The third-order valence-corrected chi connectivity index (χ3v) is 2.97. The molecule has 0 aliphatic heterocycles. The minimum Gasteiger partial charge on any atom is -0.493 e. The standard InChI is InChI=1S/C15H22N2O2S/c1-3-5-8-11-16-15(20)17-14(18)12-9-6-7-10-13(12)19-4-2/h6-7,9-10H,3-5,8,11H2,1-2H3,(H2,16,17,18,20). The maximum Gasteiger partial charge on any atom is 0.261 e. The van der Waals surface area contributed by atoms with E-state index in [1.807, 2.05) is 13.0 Å². The second-order valence-electron chi connectivity index (χ2n) is 4.35. The molecule has 0 heterocycles. The molecule has 0 bridgehead atoms. The lowest BCUT2D eigenvalue weighted by atomic mass is 10.2. The van der Waals surface area contributed by atoms with Gasteiger partial charge in [0.15, 0.2) is 5.11 Å². The number of carbonyl (C=O) groups is 1. The van der Waals surface area contributed by atoms with Crippen molar-refractivity contribution in [1.82, 2.24) is 10.6 Å². The Balaban J connectivity index is 2.51. The van der Waals surface area contributed by atoms with E-state index in [0.717, 1.165) is 25.8 Å². The van der Waals surface area contributed by atoms with Crippen LogP contribution in [0.25, 0.3) is 0 Å². The maximum absolute atomic E-state index is 12.1. The topological polar surface area (TPSA) is 50.4 Å². The zero-order valence-corrected chi connectivity index (χ0v) is 12.9. The lowest BCUT2D eigenvalue weighted by Crippen LogP contribution is -2.39. The predicted molar refractivity (Wildman–Crippen MR) is 85.2 cm³/mol. The Labute approximate surface area is 125 Å². The zero-order valence-electron chi connectivity index (χ0n) is 12.1. The van der Waals surface area contributed by atoms with Crippen molar-refractivity contribution in [3.8, 4) is 5.75 Å². The van der Waals surface area contributed by atoms with Crippen LogP contribution in [-0.2, 0) is 0 Å².